The number of nitrogens with one attached hydrogen (secondary N) is 1. The van der Waals surface area contributed by atoms with Gasteiger partial charge in [-0.3, -0.25) is 0 Å². The zero-order valence-electron chi connectivity index (χ0n) is 12.1. The van der Waals surface area contributed by atoms with Gasteiger partial charge in [-0.2, -0.15) is 10.2 Å². The van der Waals surface area contributed by atoms with Crippen molar-refractivity contribution in [1.29, 1.82) is 5.26 Å². The monoisotopic (exact) mass is 303 g/mol. The molecule has 1 unspecified atom stereocenters. The summed E-state index contributed by atoms with van der Waals surface area (Å²) in [5.74, 6) is 1.53. The van der Waals surface area contributed by atoms with Crippen molar-refractivity contribution < 1.29 is 4.74 Å². The number of nitriles is 1. The van der Waals surface area contributed by atoms with E-state index in [9.17, 15) is 0 Å². The predicted octanol–water partition coefficient (Wildman–Crippen LogP) is 2.16. The smallest absolute Gasteiger partial charge is 0.226 e. The van der Waals surface area contributed by atoms with Crippen molar-refractivity contribution in [2.45, 2.75) is 20.0 Å². The minimum Gasteiger partial charge on any atom is -0.360 e. The van der Waals surface area contributed by atoms with E-state index < -0.39 is 6.10 Å². The Morgan fingerprint density at radius 3 is 3.19 bits per heavy atom. The molecule has 2 aromatic heterocycles. The van der Waals surface area contributed by atoms with Crippen LogP contribution in [0.5, 0.6) is 0 Å². The average molecular weight is 303 g/mol. The summed E-state index contributed by atoms with van der Waals surface area (Å²) < 4.78 is 5.41. The van der Waals surface area contributed by atoms with Crippen molar-refractivity contribution in [3.63, 3.8) is 0 Å². The van der Waals surface area contributed by atoms with E-state index in [2.05, 4.69) is 39.2 Å². The first-order valence-electron chi connectivity index (χ1n) is 6.99. The van der Waals surface area contributed by atoms with Crippen LogP contribution in [0.2, 0.25) is 0 Å². The molecule has 1 fully saturated rings. The van der Waals surface area contributed by atoms with Gasteiger partial charge in [0.2, 0.25) is 5.95 Å². The maximum absolute atomic E-state index is 9.07. The number of ether oxygens (including phenoxy) is 1. The fourth-order valence-corrected chi connectivity index (χ4v) is 3.30. The second-order valence-electron chi connectivity index (χ2n) is 4.91. The van der Waals surface area contributed by atoms with E-state index in [0.717, 1.165) is 29.1 Å². The molecule has 1 aliphatic heterocycles. The van der Waals surface area contributed by atoms with E-state index in [4.69, 9.17) is 10.00 Å². The minimum absolute atomic E-state index is 0.397. The lowest BCUT2D eigenvalue weighted by molar-refractivity contribution is 0.0763. The molecule has 0 amide bonds. The molecule has 1 N–H and O–H groups in total. The molecule has 0 radical (unpaired) electrons. The van der Waals surface area contributed by atoms with Crippen LogP contribution < -0.4 is 10.2 Å². The highest BCUT2D eigenvalue weighted by Crippen LogP contribution is 2.32. The molecule has 0 spiro atoms. The van der Waals surface area contributed by atoms with E-state index in [-0.39, 0.29) is 0 Å². The fourth-order valence-electron chi connectivity index (χ4n) is 2.42. The zero-order valence-corrected chi connectivity index (χ0v) is 12.9. The Balaban J connectivity index is 2.04. The van der Waals surface area contributed by atoms with Gasteiger partial charge in [0.1, 0.15) is 10.6 Å². The molecule has 3 rings (SSSR count). The molecule has 21 heavy (non-hydrogen) atoms. The van der Waals surface area contributed by atoms with Crippen LogP contribution >= 0.6 is 11.3 Å². The van der Waals surface area contributed by atoms with Gasteiger partial charge < -0.3 is 15.0 Å². The summed E-state index contributed by atoms with van der Waals surface area (Å²) in [5.41, 5.74) is 0. The summed E-state index contributed by atoms with van der Waals surface area (Å²) in [7, 11) is 0. The van der Waals surface area contributed by atoms with E-state index >= 15 is 0 Å². The molecule has 0 bridgehead atoms. The SMILES string of the molecule is CCNc1nc(N2CCOC(C#N)C2)c2cc(C)sc2n1. The summed E-state index contributed by atoms with van der Waals surface area (Å²) in [6, 6.07) is 4.29. The first-order valence-corrected chi connectivity index (χ1v) is 7.81. The van der Waals surface area contributed by atoms with Crippen LogP contribution in [0.3, 0.4) is 0 Å². The maximum atomic E-state index is 9.07. The summed E-state index contributed by atoms with van der Waals surface area (Å²) in [6.45, 7) is 6.70. The van der Waals surface area contributed by atoms with Crippen molar-refractivity contribution in [1.82, 2.24) is 9.97 Å². The van der Waals surface area contributed by atoms with Gasteiger partial charge in [0.25, 0.3) is 0 Å². The van der Waals surface area contributed by atoms with E-state index in [1.807, 2.05) is 6.92 Å². The van der Waals surface area contributed by atoms with Crippen LogP contribution in [0.15, 0.2) is 6.07 Å². The van der Waals surface area contributed by atoms with Crippen LogP contribution in [-0.4, -0.2) is 42.3 Å². The third kappa shape index (κ3) is 2.77. The maximum Gasteiger partial charge on any atom is 0.226 e. The summed E-state index contributed by atoms with van der Waals surface area (Å²) in [4.78, 5) is 13.5. The molecule has 110 valence electrons. The molecule has 0 saturated carbocycles. The van der Waals surface area contributed by atoms with Gasteiger partial charge >= 0.3 is 0 Å². The second kappa shape index (κ2) is 5.84. The lowest BCUT2D eigenvalue weighted by atomic mass is 10.2. The third-order valence-electron chi connectivity index (χ3n) is 3.34. The Morgan fingerprint density at radius 2 is 2.43 bits per heavy atom. The Morgan fingerprint density at radius 1 is 1.57 bits per heavy atom. The van der Waals surface area contributed by atoms with Crippen LogP contribution in [-0.2, 0) is 4.74 Å². The van der Waals surface area contributed by atoms with Crippen molar-refractivity contribution in [3.05, 3.63) is 10.9 Å². The first-order chi connectivity index (χ1) is 10.2. The summed E-state index contributed by atoms with van der Waals surface area (Å²) in [6.07, 6.45) is -0.397. The molecule has 1 aliphatic rings. The van der Waals surface area contributed by atoms with Gasteiger partial charge in [-0.1, -0.05) is 0 Å². The van der Waals surface area contributed by atoms with Gasteiger partial charge in [0.05, 0.1) is 24.6 Å². The second-order valence-corrected chi connectivity index (χ2v) is 6.15. The Hall–Kier alpha value is -1.91. The third-order valence-corrected chi connectivity index (χ3v) is 4.29. The highest BCUT2D eigenvalue weighted by molar-refractivity contribution is 7.18. The largest absolute Gasteiger partial charge is 0.360 e. The molecular weight excluding hydrogens is 286 g/mol. The number of anilines is 2. The van der Waals surface area contributed by atoms with Crippen LogP contribution in [0, 0.1) is 18.3 Å². The molecule has 0 aromatic carbocycles. The normalized spacial score (nSPS) is 18.7. The molecule has 7 heteroatoms. The number of fused-ring (bicyclic) bond motifs is 1. The quantitative estimate of drug-likeness (QED) is 0.936. The van der Waals surface area contributed by atoms with Gasteiger partial charge in [-0.05, 0) is 19.9 Å². The number of thiophene rings is 1. The molecule has 2 aromatic rings. The Kier molecular flexibility index (Phi) is 3.90. The number of nitrogens with zero attached hydrogens (tertiary/aromatic N) is 4. The van der Waals surface area contributed by atoms with E-state index in [0.29, 0.717) is 19.1 Å². The molecule has 3 heterocycles. The standard InChI is InChI=1S/C14H17N5OS/c1-3-16-14-17-12(11-6-9(2)21-13(11)18-14)19-4-5-20-10(7-15)8-19/h6,10H,3-5,8H2,1-2H3,(H,16,17,18). The molecule has 6 nitrogen and oxygen atoms in total. The van der Waals surface area contributed by atoms with Crippen LogP contribution in [0.1, 0.15) is 11.8 Å². The van der Waals surface area contributed by atoms with Gasteiger partial charge in [-0.25, -0.2) is 4.98 Å². The number of hydrogen-bond donors (Lipinski definition) is 1. The zero-order chi connectivity index (χ0) is 14.8. The topological polar surface area (TPSA) is 74.1 Å². The lowest BCUT2D eigenvalue weighted by Gasteiger charge is -2.31. The van der Waals surface area contributed by atoms with Crippen molar-refractivity contribution in [2.24, 2.45) is 0 Å². The van der Waals surface area contributed by atoms with E-state index in [1.54, 1.807) is 11.3 Å². The summed E-state index contributed by atoms with van der Waals surface area (Å²) >= 11 is 1.66. The van der Waals surface area contributed by atoms with Crippen LogP contribution in [0.4, 0.5) is 11.8 Å². The van der Waals surface area contributed by atoms with E-state index in [1.165, 1.54) is 4.88 Å². The molecule has 0 aliphatic carbocycles. The van der Waals surface area contributed by atoms with Gasteiger partial charge in [0.15, 0.2) is 6.10 Å². The highest BCUT2D eigenvalue weighted by Gasteiger charge is 2.24. The number of morpholine rings is 1. The minimum atomic E-state index is -0.397. The van der Waals surface area contributed by atoms with Crippen molar-refractivity contribution in [2.75, 3.05) is 36.5 Å². The highest BCUT2D eigenvalue weighted by atomic mass is 32.1. The number of aromatic nitrogens is 2. The number of aryl methyl sites for hydroxylation is 1. The fraction of sp³-hybridized carbons (Fsp3) is 0.500. The lowest BCUT2D eigenvalue weighted by Crippen LogP contribution is -2.42. The van der Waals surface area contributed by atoms with Gasteiger partial charge in [0, 0.05) is 18.0 Å². The van der Waals surface area contributed by atoms with Crippen molar-refractivity contribution >= 4 is 33.3 Å². The molecule has 1 saturated heterocycles. The molecular formula is C14H17N5OS. The molecule has 1 atom stereocenters. The Bertz CT molecular complexity index is 692. The first kappa shape index (κ1) is 14.0. The Labute approximate surface area is 127 Å². The predicted molar refractivity (Wildman–Crippen MR) is 83.9 cm³/mol. The summed E-state index contributed by atoms with van der Waals surface area (Å²) in [5, 5.41) is 13.3. The number of hydrogen-bond acceptors (Lipinski definition) is 7. The van der Waals surface area contributed by atoms with Crippen molar-refractivity contribution in [3.8, 4) is 6.07 Å². The van der Waals surface area contributed by atoms with Crippen LogP contribution in [0.25, 0.3) is 10.2 Å². The van der Waals surface area contributed by atoms with Gasteiger partial charge in [-0.15, -0.1) is 11.3 Å². The average Bonchev–Trinajstić information content (AvgIpc) is 2.87. The number of rotatable bonds is 3.